The molecule has 1 saturated heterocycles. The molecule has 2 atom stereocenters. The molecule has 3 nitrogen and oxygen atoms in total. The summed E-state index contributed by atoms with van der Waals surface area (Å²) in [6.45, 7) is 5.81. The van der Waals surface area contributed by atoms with Crippen molar-refractivity contribution < 1.29 is 17.9 Å². The Morgan fingerprint density at radius 1 is 1.41 bits per heavy atom. The minimum absolute atomic E-state index is 0.264. The molecule has 0 bridgehead atoms. The number of nitrogens with zero attached hydrogens (tertiary/aromatic N) is 1. The maximum atomic E-state index is 11.9. The Bertz CT molecular complexity index is 223. The van der Waals surface area contributed by atoms with Gasteiger partial charge >= 0.3 is 6.36 Å². The highest BCUT2D eigenvalue weighted by atomic mass is 19.4. The van der Waals surface area contributed by atoms with Crippen LogP contribution < -0.4 is 5.32 Å². The normalized spacial score (nSPS) is 27.4. The van der Waals surface area contributed by atoms with Crippen molar-refractivity contribution in [2.45, 2.75) is 45.1 Å². The van der Waals surface area contributed by atoms with Crippen molar-refractivity contribution in [1.29, 1.82) is 0 Å². The first-order chi connectivity index (χ1) is 7.92. The predicted molar refractivity (Wildman–Crippen MR) is 59.7 cm³/mol. The van der Waals surface area contributed by atoms with E-state index in [9.17, 15) is 13.2 Å². The second-order valence-electron chi connectivity index (χ2n) is 4.53. The third-order valence-electron chi connectivity index (χ3n) is 3.06. The topological polar surface area (TPSA) is 24.5 Å². The third kappa shape index (κ3) is 5.70. The lowest BCUT2D eigenvalue weighted by Crippen LogP contribution is -2.56. The average molecular weight is 254 g/mol. The minimum Gasteiger partial charge on any atom is -0.311 e. The smallest absolute Gasteiger partial charge is 0.311 e. The van der Waals surface area contributed by atoms with Crippen molar-refractivity contribution >= 4 is 0 Å². The van der Waals surface area contributed by atoms with Crippen LogP contribution in [0.4, 0.5) is 13.2 Å². The lowest BCUT2D eigenvalue weighted by atomic mass is 10.1. The first kappa shape index (κ1) is 14.7. The number of nitrogens with one attached hydrogen (secondary N) is 1. The van der Waals surface area contributed by atoms with Gasteiger partial charge in [0.05, 0.1) is 6.61 Å². The van der Waals surface area contributed by atoms with Crippen LogP contribution in [0.5, 0.6) is 0 Å². The van der Waals surface area contributed by atoms with Crippen LogP contribution in [-0.4, -0.2) is 49.6 Å². The van der Waals surface area contributed by atoms with E-state index in [0.29, 0.717) is 12.6 Å². The molecule has 17 heavy (non-hydrogen) atoms. The van der Waals surface area contributed by atoms with Gasteiger partial charge in [-0.25, -0.2) is 0 Å². The number of piperazine rings is 1. The summed E-state index contributed by atoms with van der Waals surface area (Å²) in [7, 11) is 0. The molecule has 1 N–H and O–H groups in total. The van der Waals surface area contributed by atoms with E-state index in [0.717, 1.165) is 25.9 Å². The highest BCUT2D eigenvalue weighted by molar-refractivity contribution is 4.83. The van der Waals surface area contributed by atoms with E-state index in [2.05, 4.69) is 21.9 Å². The molecule has 0 amide bonds. The molecule has 1 rings (SSSR count). The Morgan fingerprint density at radius 3 is 2.71 bits per heavy atom. The fourth-order valence-corrected chi connectivity index (χ4v) is 2.13. The van der Waals surface area contributed by atoms with E-state index in [1.165, 1.54) is 0 Å². The van der Waals surface area contributed by atoms with Crippen LogP contribution in [-0.2, 0) is 4.74 Å². The molecule has 0 saturated carbocycles. The zero-order chi connectivity index (χ0) is 12.9. The molecule has 0 radical (unpaired) electrons. The van der Waals surface area contributed by atoms with Crippen molar-refractivity contribution in [2.24, 2.45) is 0 Å². The molecule has 1 heterocycles. The van der Waals surface area contributed by atoms with Gasteiger partial charge in [0.25, 0.3) is 0 Å². The fourth-order valence-electron chi connectivity index (χ4n) is 2.13. The standard InChI is InChI=1S/C11H21F3N2O/c1-3-4-10-8-16(9(2)7-15-10)5-6-17-11(12,13)14/h9-10,15H,3-8H2,1-2H3. The number of rotatable bonds is 5. The van der Waals surface area contributed by atoms with E-state index >= 15 is 0 Å². The first-order valence-electron chi connectivity index (χ1n) is 6.10. The summed E-state index contributed by atoms with van der Waals surface area (Å²) in [4.78, 5) is 2.06. The second-order valence-corrected chi connectivity index (χ2v) is 4.53. The van der Waals surface area contributed by atoms with Crippen LogP contribution in [0, 0.1) is 0 Å². The number of halogens is 3. The third-order valence-corrected chi connectivity index (χ3v) is 3.06. The summed E-state index contributed by atoms with van der Waals surface area (Å²) in [5.74, 6) is 0. The first-order valence-corrected chi connectivity index (χ1v) is 6.10. The Morgan fingerprint density at radius 2 is 2.12 bits per heavy atom. The number of alkyl halides is 3. The van der Waals surface area contributed by atoms with Crippen LogP contribution >= 0.6 is 0 Å². The highest BCUT2D eigenvalue weighted by Crippen LogP contribution is 2.16. The fraction of sp³-hybridized carbons (Fsp3) is 1.00. The SMILES string of the molecule is CCCC1CN(CCOC(F)(F)F)C(C)CN1. The highest BCUT2D eigenvalue weighted by Gasteiger charge is 2.30. The number of ether oxygens (including phenoxy) is 1. The summed E-state index contributed by atoms with van der Waals surface area (Å²) in [6, 6.07) is 0.655. The molecule has 0 aromatic heterocycles. The lowest BCUT2D eigenvalue weighted by molar-refractivity contribution is -0.325. The molecular formula is C11H21F3N2O. The van der Waals surface area contributed by atoms with E-state index in [4.69, 9.17) is 0 Å². The molecule has 1 aliphatic heterocycles. The summed E-state index contributed by atoms with van der Waals surface area (Å²) in [5, 5.41) is 3.40. The van der Waals surface area contributed by atoms with Gasteiger partial charge in [-0.3, -0.25) is 9.64 Å². The summed E-state index contributed by atoms with van der Waals surface area (Å²) >= 11 is 0. The van der Waals surface area contributed by atoms with Gasteiger partial charge in [0.2, 0.25) is 0 Å². The lowest BCUT2D eigenvalue weighted by Gasteiger charge is -2.38. The van der Waals surface area contributed by atoms with E-state index in [-0.39, 0.29) is 12.6 Å². The van der Waals surface area contributed by atoms with E-state index < -0.39 is 6.36 Å². The van der Waals surface area contributed by atoms with Crippen LogP contribution in [0.25, 0.3) is 0 Å². The van der Waals surface area contributed by atoms with Gasteiger partial charge in [-0.2, -0.15) is 0 Å². The average Bonchev–Trinajstić information content (AvgIpc) is 2.21. The molecule has 1 fully saturated rings. The molecule has 0 aromatic rings. The van der Waals surface area contributed by atoms with Gasteiger partial charge in [0.1, 0.15) is 0 Å². The Balaban J connectivity index is 2.29. The largest absolute Gasteiger partial charge is 0.522 e. The number of hydrogen-bond donors (Lipinski definition) is 1. The van der Waals surface area contributed by atoms with Crippen LogP contribution in [0.1, 0.15) is 26.7 Å². The van der Waals surface area contributed by atoms with Crippen molar-refractivity contribution in [1.82, 2.24) is 10.2 Å². The Hall–Kier alpha value is -0.330. The Kier molecular flexibility index (Phi) is 5.69. The minimum atomic E-state index is -4.51. The van der Waals surface area contributed by atoms with E-state index in [1.54, 1.807) is 0 Å². The van der Waals surface area contributed by atoms with Crippen LogP contribution in [0.3, 0.4) is 0 Å². The molecule has 6 heteroatoms. The maximum Gasteiger partial charge on any atom is 0.522 e. The molecular weight excluding hydrogens is 233 g/mol. The van der Waals surface area contributed by atoms with Crippen molar-refractivity contribution in [3.63, 3.8) is 0 Å². The van der Waals surface area contributed by atoms with Gasteiger partial charge in [-0.1, -0.05) is 13.3 Å². The monoisotopic (exact) mass is 254 g/mol. The summed E-state index contributed by atoms with van der Waals surface area (Å²) < 4.78 is 39.4. The summed E-state index contributed by atoms with van der Waals surface area (Å²) in [6.07, 6.45) is -2.37. The van der Waals surface area contributed by atoms with Crippen molar-refractivity contribution in [3.05, 3.63) is 0 Å². The Labute approximate surface area is 100 Å². The summed E-state index contributed by atoms with van der Waals surface area (Å²) in [5.41, 5.74) is 0. The molecule has 0 aromatic carbocycles. The zero-order valence-corrected chi connectivity index (χ0v) is 10.4. The van der Waals surface area contributed by atoms with Gasteiger partial charge < -0.3 is 5.32 Å². The quantitative estimate of drug-likeness (QED) is 0.812. The van der Waals surface area contributed by atoms with Crippen molar-refractivity contribution in [2.75, 3.05) is 26.2 Å². The van der Waals surface area contributed by atoms with Crippen LogP contribution in [0.15, 0.2) is 0 Å². The molecule has 2 unspecified atom stereocenters. The molecule has 1 aliphatic rings. The van der Waals surface area contributed by atoms with Gasteiger partial charge in [0, 0.05) is 31.7 Å². The predicted octanol–water partition coefficient (Wildman–Crippen LogP) is 1.99. The maximum absolute atomic E-state index is 11.9. The van der Waals surface area contributed by atoms with Gasteiger partial charge in [-0.05, 0) is 13.3 Å². The van der Waals surface area contributed by atoms with Gasteiger partial charge in [-0.15, -0.1) is 13.2 Å². The number of hydrogen-bond acceptors (Lipinski definition) is 3. The molecule has 102 valence electrons. The second kappa shape index (κ2) is 6.56. The molecule has 0 spiro atoms. The van der Waals surface area contributed by atoms with Crippen molar-refractivity contribution in [3.8, 4) is 0 Å². The molecule has 0 aliphatic carbocycles. The zero-order valence-electron chi connectivity index (χ0n) is 10.4. The van der Waals surface area contributed by atoms with E-state index in [1.807, 2.05) is 6.92 Å². The van der Waals surface area contributed by atoms with Gasteiger partial charge in [0.15, 0.2) is 0 Å². The van der Waals surface area contributed by atoms with Crippen LogP contribution in [0.2, 0.25) is 0 Å².